The van der Waals surface area contributed by atoms with Gasteiger partial charge in [-0.1, -0.05) is 11.8 Å². The number of aromatic nitrogens is 2. The largest absolute Gasteiger partial charge is 0.493 e. The molecule has 1 amide bonds. The predicted molar refractivity (Wildman–Crippen MR) is 80.8 cm³/mol. The van der Waals surface area contributed by atoms with E-state index in [1.165, 1.54) is 11.8 Å². The number of benzene rings is 1. The predicted octanol–water partition coefficient (Wildman–Crippen LogP) is 0.833. The summed E-state index contributed by atoms with van der Waals surface area (Å²) in [6, 6.07) is 6.72. The van der Waals surface area contributed by atoms with Crippen LogP contribution in [0.4, 0.5) is 5.82 Å². The second-order valence-corrected chi connectivity index (χ2v) is 5.03. The molecule has 0 spiro atoms. The summed E-state index contributed by atoms with van der Waals surface area (Å²) in [7, 11) is 0. The number of carbonyl (C=O) groups excluding carboxylic acids is 1. The first-order chi connectivity index (χ1) is 10.2. The molecule has 2 aromatic rings. The molecule has 5 N–H and O–H groups in total. The zero-order valence-corrected chi connectivity index (χ0v) is 12.0. The number of nitrogens with one attached hydrogen (secondary N) is 1. The van der Waals surface area contributed by atoms with Crippen molar-refractivity contribution in [2.45, 2.75) is 5.03 Å². The lowest BCUT2D eigenvalue weighted by Crippen LogP contribution is -2.29. The van der Waals surface area contributed by atoms with Gasteiger partial charge in [0.05, 0.1) is 6.61 Å². The average Bonchev–Trinajstić information content (AvgIpc) is 2.53. The summed E-state index contributed by atoms with van der Waals surface area (Å²) in [6.07, 6.45) is 3.15. The molecule has 110 valence electrons. The molecule has 0 aliphatic rings. The third-order valence-corrected chi connectivity index (χ3v) is 3.49. The lowest BCUT2D eigenvalue weighted by atomic mass is 10.2. The molecular weight excluding hydrogens is 290 g/mol. The summed E-state index contributed by atoms with van der Waals surface area (Å²) in [4.78, 5) is 19.4. The Balaban J connectivity index is 1.79. The smallest absolute Gasteiger partial charge is 0.265 e. The number of thioether (sulfide) groups is 1. The summed E-state index contributed by atoms with van der Waals surface area (Å²) in [6.45, 7) is 0.489. The highest BCUT2D eigenvalue weighted by atomic mass is 32.2. The number of hydrazine groups is 1. The van der Waals surface area contributed by atoms with Gasteiger partial charge in [-0.25, -0.2) is 15.8 Å². The molecule has 0 unspecified atom stereocenters. The van der Waals surface area contributed by atoms with Crippen molar-refractivity contribution >= 4 is 23.5 Å². The van der Waals surface area contributed by atoms with Crippen LogP contribution in [0.1, 0.15) is 10.4 Å². The Kier molecular flexibility index (Phi) is 5.35. The number of anilines is 1. The number of nitrogens with zero attached hydrogens (tertiary/aromatic N) is 2. The molecule has 1 aromatic heterocycles. The molecular formula is C13H15N5O2S. The first-order valence-corrected chi connectivity index (χ1v) is 7.12. The van der Waals surface area contributed by atoms with E-state index in [9.17, 15) is 4.79 Å². The van der Waals surface area contributed by atoms with Crippen LogP contribution in [-0.4, -0.2) is 28.2 Å². The minimum atomic E-state index is -0.338. The zero-order valence-electron chi connectivity index (χ0n) is 11.2. The standard InChI is InChI=1S/C13H15N5O2S/c14-11-13(17-6-5-16-11)21-8-7-20-10-3-1-9(2-4-10)12(19)18-15/h1-6H,7-8,15H2,(H2,14,16)(H,18,19). The minimum Gasteiger partial charge on any atom is -0.493 e. The van der Waals surface area contributed by atoms with E-state index in [1.807, 2.05) is 0 Å². The first kappa shape index (κ1) is 15.1. The van der Waals surface area contributed by atoms with Crippen molar-refractivity contribution in [3.63, 3.8) is 0 Å². The minimum absolute atomic E-state index is 0.338. The second-order valence-electron chi connectivity index (χ2n) is 3.94. The number of ether oxygens (including phenoxy) is 1. The molecule has 0 aliphatic heterocycles. The Morgan fingerprint density at radius 3 is 2.62 bits per heavy atom. The van der Waals surface area contributed by atoms with Crippen LogP contribution in [0.2, 0.25) is 0 Å². The normalized spacial score (nSPS) is 10.1. The quantitative estimate of drug-likeness (QED) is 0.238. The molecule has 0 radical (unpaired) electrons. The highest BCUT2D eigenvalue weighted by Crippen LogP contribution is 2.20. The van der Waals surface area contributed by atoms with Crippen molar-refractivity contribution in [2.75, 3.05) is 18.1 Å². The Morgan fingerprint density at radius 2 is 1.95 bits per heavy atom. The van der Waals surface area contributed by atoms with Gasteiger partial charge in [0.1, 0.15) is 10.8 Å². The average molecular weight is 305 g/mol. The van der Waals surface area contributed by atoms with Crippen LogP contribution in [0.25, 0.3) is 0 Å². The van der Waals surface area contributed by atoms with E-state index in [1.54, 1.807) is 36.7 Å². The molecule has 0 saturated carbocycles. The first-order valence-electron chi connectivity index (χ1n) is 6.14. The molecule has 0 aliphatic carbocycles. The fraction of sp³-hybridized carbons (Fsp3) is 0.154. The van der Waals surface area contributed by atoms with Crippen molar-refractivity contribution in [1.29, 1.82) is 0 Å². The maximum Gasteiger partial charge on any atom is 0.265 e. The van der Waals surface area contributed by atoms with Gasteiger partial charge in [-0.15, -0.1) is 0 Å². The third-order valence-electron chi connectivity index (χ3n) is 2.53. The lowest BCUT2D eigenvalue weighted by molar-refractivity contribution is 0.0953. The Hall–Kier alpha value is -2.32. The number of amides is 1. The number of carbonyl (C=O) groups is 1. The second kappa shape index (κ2) is 7.46. The van der Waals surface area contributed by atoms with Crippen molar-refractivity contribution < 1.29 is 9.53 Å². The molecule has 1 aromatic carbocycles. The summed E-state index contributed by atoms with van der Waals surface area (Å²) in [5.74, 6) is 6.50. The van der Waals surface area contributed by atoms with Crippen LogP contribution >= 0.6 is 11.8 Å². The van der Waals surface area contributed by atoms with Gasteiger partial charge >= 0.3 is 0 Å². The van der Waals surface area contributed by atoms with Crippen molar-refractivity contribution in [2.24, 2.45) is 5.84 Å². The van der Waals surface area contributed by atoms with E-state index in [0.29, 0.717) is 34.5 Å². The lowest BCUT2D eigenvalue weighted by Gasteiger charge is -2.07. The van der Waals surface area contributed by atoms with Crippen molar-refractivity contribution in [1.82, 2.24) is 15.4 Å². The van der Waals surface area contributed by atoms with Crippen molar-refractivity contribution in [3.8, 4) is 5.75 Å². The van der Waals surface area contributed by atoms with Crippen LogP contribution < -0.4 is 21.7 Å². The molecule has 8 heteroatoms. The number of hydrogen-bond donors (Lipinski definition) is 3. The maximum atomic E-state index is 11.3. The van der Waals surface area contributed by atoms with Gasteiger partial charge in [-0.2, -0.15) is 0 Å². The molecule has 7 nitrogen and oxygen atoms in total. The zero-order chi connectivity index (χ0) is 15.1. The van der Waals surface area contributed by atoms with E-state index >= 15 is 0 Å². The maximum absolute atomic E-state index is 11.3. The van der Waals surface area contributed by atoms with Crippen molar-refractivity contribution in [3.05, 3.63) is 42.2 Å². The van der Waals surface area contributed by atoms with Gasteiger partial charge in [0, 0.05) is 23.7 Å². The number of hydrogen-bond acceptors (Lipinski definition) is 7. The van der Waals surface area contributed by atoms with E-state index in [0.717, 1.165) is 0 Å². The highest BCUT2D eigenvalue weighted by molar-refractivity contribution is 7.99. The summed E-state index contributed by atoms with van der Waals surface area (Å²) >= 11 is 1.47. The van der Waals surface area contributed by atoms with Crippen LogP contribution in [-0.2, 0) is 0 Å². The van der Waals surface area contributed by atoms with E-state index in [2.05, 4.69) is 15.4 Å². The van der Waals surface area contributed by atoms with Gasteiger partial charge in [0.15, 0.2) is 5.82 Å². The van der Waals surface area contributed by atoms with E-state index in [4.69, 9.17) is 16.3 Å². The van der Waals surface area contributed by atoms with Crippen LogP contribution in [0.5, 0.6) is 5.75 Å². The highest BCUT2D eigenvalue weighted by Gasteiger charge is 2.04. The molecule has 0 bridgehead atoms. The molecule has 0 saturated heterocycles. The summed E-state index contributed by atoms with van der Waals surface area (Å²) in [5.41, 5.74) is 8.24. The van der Waals surface area contributed by atoms with Gasteiger partial charge in [0.25, 0.3) is 5.91 Å². The molecule has 0 fully saturated rings. The Bertz CT molecular complexity index is 606. The van der Waals surface area contributed by atoms with Gasteiger partial charge in [-0.3, -0.25) is 10.2 Å². The fourth-order valence-electron chi connectivity index (χ4n) is 1.53. The molecule has 0 atom stereocenters. The topological polar surface area (TPSA) is 116 Å². The van der Waals surface area contributed by atoms with Crippen LogP contribution in [0.3, 0.4) is 0 Å². The van der Waals surface area contributed by atoms with Gasteiger partial charge in [-0.05, 0) is 24.3 Å². The summed E-state index contributed by atoms with van der Waals surface area (Å²) < 4.78 is 5.56. The van der Waals surface area contributed by atoms with Gasteiger partial charge in [0.2, 0.25) is 0 Å². The fourth-order valence-corrected chi connectivity index (χ4v) is 2.23. The Morgan fingerprint density at radius 1 is 1.24 bits per heavy atom. The third kappa shape index (κ3) is 4.33. The van der Waals surface area contributed by atoms with Crippen LogP contribution in [0.15, 0.2) is 41.7 Å². The monoisotopic (exact) mass is 305 g/mol. The van der Waals surface area contributed by atoms with E-state index < -0.39 is 0 Å². The van der Waals surface area contributed by atoms with E-state index in [-0.39, 0.29) is 5.91 Å². The van der Waals surface area contributed by atoms with Gasteiger partial charge < -0.3 is 10.5 Å². The van der Waals surface area contributed by atoms with Crippen LogP contribution in [0, 0.1) is 0 Å². The molecule has 21 heavy (non-hydrogen) atoms. The number of rotatable bonds is 6. The SMILES string of the molecule is NNC(=O)c1ccc(OCCSc2nccnc2N)cc1. The molecule has 1 heterocycles. The number of nitrogens with two attached hydrogens (primary N) is 2. The Labute approximate surface area is 126 Å². The number of nitrogen functional groups attached to an aromatic ring is 2. The molecule has 2 rings (SSSR count). The summed E-state index contributed by atoms with van der Waals surface area (Å²) in [5, 5.41) is 0.691.